The van der Waals surface area contributed by atoms with E-state index in [1.807, 2.05) is 59.3 Å². The third-order valence-corrected chi connectivity index (χ3v) is 4.04. The standard InChI is InChI=1S/C21H15N3O/c22-13-19-6-5-16(14-24-10-9-23-15-24)11-21(19)25-20-8-7-17-3-1-2-4-18(17)12-20/h1-12,15H,14H2. The number of benzene rings is 3. The number of nitriles is 1. The van der Waals surface area contributed by atoms with Gasteiger partial charge in [0.2, 0.25) is 0 Å². The lowest BCUT2D eigenvalue weighted by Gasteiger charge is -2.11. The minimum atomic E-state index is 0.516. The zero-order chi connectivity index (χ0) is 17.1. The van der Waals surface area contributed by atoms with E-state index in [0.717, 1.165) is 22.1 Å². The number of hydrogen-bond donors (Lipinski definition) is 0. The van der Waals surface area contributed by atoms with Crippen LogP contribution in [0.5, 0.6) is 11.5 Å². The molecule has 4 heteroatoms. The highest BCUT2D eigenvalue weighted by atomic mass is 16.5. The normalized spacial score (nSPS) is 10.5. The van der Waals surface area contributed by atoms with Crippen molar-refractivity contribution >= 4 is 10.8 Å². The summed E-state index contributed by atoms with van der Waals surface area (Å²) < 4.78 is 7.99. The van der Waals surface area contributed by atoms with Crippen molar-refractivity contribution in [2.24, 2.45) is 0 Å². The Morgan fingerprint density at radius 2 is 1.88 bits per heavy atom. The predicted octanol–water partition coefficient (Wildman–Crippen LogP) is 4.75. The fraction of sp³-hybridized carbons (Fsp3) is 0.0476. The Morgan fingerprint density at radius 3 is 2.68 bits per heavy atom. The number of rotatable bonds is 4. The fourth-order valence-electron chi connectivity index (χ4n) is 2.79. The molecule has 3 aromatic carbocycles. The number of ether oxygens (including phenoxy) is 1. The largest absolute Gasteiger partial charge is 0.456 e. The monoisotopic (exact) mass is 325 g/mol. The van der Waals surface area contributed by atoms with E-state index < -0.39 is 0 Å². The molecule has 0 fully saturated rings. The van der Waals surface area contributed by atoms with Crippen LogP contribution in [0.4, 0.5) is 0 Å². The van der Waals surface area contributed by atoms with Crippen LogP contribution < -0.4 is 4.74 Å². The van der Waals surface area contributed by atoms with E-state index in [-0.39, 0.29) is 0 Å². The van der Waals surface area contributed by atoms with E-state index in [1.54, 1.807) is 18.6 Å². The Kier molecular flexibility index (Phi) is 3.89. The van der Waals surface area contributed by atoms with Crippen LogP contribution in [-0.2, 0) is 6.54 Å². The lowest BCUT2D eigenvalue weighted by Crippen LogP contribution is -1.98. The Balaban J connectivity index is 1.66. The average Bonchev–Trinajstić information content (AvgIpc) is 3.15. The summed E-state index contributed by atoms with van der Waals surface area (Å²) in [6.45, 7) is 0.680. The van der Waals surface area contributed by atoms with E-state index >= 15 is 0 Å². The molecule has 0 atom stereocenters. The first kappa shape index (κ1) is 15.0. The molecule has 0 aliphatic heterocycles. The quantitative estimate of drug-likeness (QED) is 0.544. The summed E-state index contributed by atoms with van der Waals surface area (Å²) in [4.78, 5) is 4.05. The Bertz CT molecular complexity index is 1060. The molecule has 25 heavy (non-hydrogen) atoms. The van der Waals surface area contributed by atoms with E-state index in [0.29, 0.717) is 17.9 Å². The SMILES string of the molecule is N#Cc1ccc(Cn2ccnc2)cc1Oc1ccc2ccccc2c1. The smallest absolute Gasteiger partial charge is 0.145 e. The maximum absolute atomic E-state index is 9.37. The molecule has 0 radical (unpaired) electrons. The second-order valence-corrected chi connectivity index (χ2v) is 5.79. The fourth-order valence-corrected chi connectivity index (χ4v) is 2.79. The molecule has 0 aliphatic carbocycles. The molecule has 4 aromatic rings. The molecule has 0 amide bonds. The summed E-state index contributed by atoms with van der Waals surface area (Å²) in [5.41, 5.74) is 1.57. The highest BCUT2D eigenvalue weighted by Gasteiger charge is 2.08. The summed E-state index contributed by atoms with van der Waals surface area (Å²) in [7, 11) is 0. The number of imidazole rings is 1. The molecule has 0 N–H and O–H groups in total. The van der Waals surface area contributed by atoms with Crippen molar-refractivity contribution in [3.8, 4) is 17.6 Å². The van der Waals surface area contributed by atoms with Gasteiger partial charge in [0.15, 0.2) is 0 Å². The summed E-state index contributed by atoms with van der Waals surface area (Å²) in [5.74, 6) is 1.28. The average molecular weight is 325 g/mol. The molecular formula is C21H15N3O. The van der Waals surface area contributed by atoms with Gasteiger partial charge in [-0.05, 0) is 40.6 Å². The van der Waals surface area contributed by atoms with Crippen LogP contribution in [0.2, 0.25) is 0 Å². The van der Waals surface area contributed by atoms with Crippen LogP contribution in [0.25, 0.3) is 10.8 Å². The molecule has 1 aromatic heterocycles. The van der Waals surface area contributed by atoms with Crippen molar-refractivity contribution in [1.82, 2.24) is 9.55 Å². The van der Waals surface area contributed by atoms with E-state index in [4.69, 9.17) is 4.74 Å². The first-order valence-corrected chi connectivity index (χ1v) is 7.97. The molecular weight excluding hydrogens is 310 g/mol. The Morgan fingerprint density at radius 1 is 1.00 bits per heavy atom. The highest BCUT2D eigenvalue weighted by molar-refractivity contribution is 5.83. The lowest BCUT2D eigenvalue weighted by molar-refractivity contribution is 0.481. The van der Waals surface area contributed by atoms with Crippen LogP contribution in [-0.4, -0.2) is 9.55 Å². The van der Waals surface area contributed by atoms with E-state index in [2.05, 4.69) is 17.1 Å². The third-order valence-electron chi connectivity index (χ3n) is 4.04. The summed E-state index contributed by atoms with van der Waals surface area (Å²) in [6.07, 6.45) is 5.42. The van der Waals surface area contributed by atoms with Crippen molar-refractivity contribution in [3.63, 3.8) is 0 Å². The van der Waals surface area contributed by atoms with Gasteiger partial charge in [-0.3, -0.25) is 0 Å². The Hall–Kier alpha value is -3.58. The van der Waals surface area contributed by atoms with Gasteiger partial charge in [-0.1, -0.05) is 36.4 Å². The number of aromatic nitrogens is 2. The van der Waals surface area contributed by atoms with Crippen LogP contribution >= 0.6 is 0 Å². The van der Waals surface area contributed by atoms with Gasteiger partial charge in [-0.25, -0.2) is 4.98 Å². The summed E-state index contributed by atoms with van der Waals surface area (Å²) in [6, 6.07) is 21.9. The van der Waals surface area contributed by atoms with Crippen molar-refractivity contribution in [2.75, 3.05) is 0 Å². The first-order chi connectivity index (χ1) is 12.3. The minimum Gasteiger partial charge on any atom is -0.456 e. The molecule has 4 rings (SSSR count). The zero-order valence-electron chi connectivity index (χ0n) is 13.5. The van der Waals surface area contributed by atoms with Crippen LogP contribution in [0.15, 0.2) is 79.4 Å². The lowest BCUT2D eigenvalue weighted by atomic mass is 10.1. The summed E-state index contributed by atoms with van der Waals surface area (Å²) >= 11 is 0. The van der Waals surface area contributed by atoms with E-state index in [9.17, 15) is 5.26 Å². The number of fused-ring (bicyclic) bond motifs is 1. The molecule has 0 aliphatic rings. The maximum atomic E-state index is 9.37. The van der Waals surface area contributed by atoms with Gasteiger partial charge in [0, 0.05) is 18.9 Å². The predicted molar refractivity (Wildman–Crippen MR) is 96.5 cm³/mol. The topological polar surface area (TPSA) is 50.8 Å². The van der Waals surface area contributed by atoms with Crippen LogP contribution in [0.1, 0.15) is 11.1 Å². The molecule has 0 unspecified atom stereocenters. The van der Waals surface area contributed by atoms with Gasteiger partial charge < -0.3 is 9.30 Å². The van der Waals surface area contributed by atoms with Gasteiger partial charge >= 0.3 is 0 Å². The molecule has 0 bridgehead atoms. The number of hydrogen-bond acceptors (Lipinski definition) is 3. The second kappa shape index (κ2) is 6.50. The van der Waals surface area contributed by atoms with Gasteiger partial charge in [0.1, 0.15) is 17.6 Å². The second-order valence-electron chi connectivity index (χ2n) is 5.79. The van der Waals surface area contributed by atoms with Gasteiger partial charge in [0.25, 0.3) is 0 Å². The molecule has 0 saturated heterocycles. The van der Waals surface area contributed by atoms with Gasteiger partial charge in [-0.15, -0.1) is 0 Å². The molecule has 0 saturated carbocycles. The molecule has 0 spiro atoms. The summed E-state index contributed by atoms with van der Waals surface area (Å²) in [5, 5.41) is 11.6. The zero-order valence-corrected chi connectivity index (χ0v) is 13.5. The molecule has 4 nitrogen and oxygen atoms in total. The Labute approximate surface area is 145 Å². The van der Waals surface area contributed by atoms with Gasteiger partial charge in [0.05, 0.1) is 11.9 Å². The first-order valence-electron chi connectivity index (χ1n) is 7.97. The number of nitrogens with zero attached hydrogens (tertiary/aromatic N) is 3. The van der Waals surface area contributed by atoms with Crippen LogP contribution in [0.3, 0.4) is 0 Å². The third kappa shape index (κ3) is 3.22. The molecule has 1 heterocycles. The van der Waals surface area contributed by atoms with Crippen molar-refractivity contribution in [1.29, 1.82) is 5.26 Å². The minimum absolute atomic E-state index is 0.516. The van der Waals surface area contributed by atoms with Crippen LogP contribution in [0, 0.1) is 11.3 Å². The van der Waals surface area contributed by atoms with Crippen molar-refractivity contribution < 1.29 is 4.74 Å². The highest BCUT2D eigenvalue weighted by Crippen LogP contribution is 2.29. The molecule has 120 valence electrons. The van der Waals surface area contributed by atoms with Gasteiger partial charge in [-0.2, -0.15) is 5.26 Å². The van der Waals surface area contributed by atoms with Crippen molar-refractivity contribution in [2.45, 2.75) is 6.54 Å². The van der Waals surface area contributed by atoms with E-state index in [1.165, 1.54) is 0 Å². The van der Waals surface area contributed by atoms with Crippen molar-refractivity contribution in [3.05, 3.63) is 90.5 Å². The maximum Gasteiger partial charge on any atom is 0.145 e.